The van der Waals surface area contributed by atoms with Gasteiger partial charge >= 0.3 is 0 Å². The summed E-state index contributed by atoms with van der Waals surface area (Å²) in [4.78, 5) is 11.5. The van der Waals surface area contributed by atoms with Gasteiger partial charge < -0.3 is 15.4 Å². The number of amides is 1. The van der Waals surface area contributed by atoms with Crippen LogP contribution in [0.5, 0.6) is 0 Å². The van der Waals surface area contributed by atoms with E-state index < -0.39 is 0 Å². The molecule has 0 bridgehead atoms. The monoisotopic (exact) mass is 236 g/mol. The Morgan fingerprint density at radius 3 is 2.59 bits per heavy atom. The zero-order valence-corrected chi connectivity index (χ0v) is 10.5. The van der Waals surface area contributed by atoms with Crippen molar-refractivity contribution in [3.8, 4) is 0 Å². The van der Waals surface area contributed by atoms with Crippen LogP contribution in [0.3, 0.4) is 0 Å². The predicted molar refractivity (Wildman–Crippen MR) is 68.9 cm³/mol. The van der Waals surface area contributed by atoms with Crippen LogP contribution in [-0.2, 0) is 16.1 Å². The molecule has 0 fully saturated rings. The number of anilines is 1. The fourth-order valence-electron chi connectivity index (χ4n) is 1.44. The lowest BCUT2D eigenvalue weighted by Gasteiger charge is -2.06. The molecule has 0 aliphatic carbocycles. The van der Waals surface area contributed by atoms with E-state index in [2.05, 4.69) is 10.6 Å². The molecule has 0 spiro atoms. The molecule has 1 aromatic carbocycles. The third kappa shape index (κ3) is 5.47. The number of nitrogens with one attached hydrogen (secondary N) is 2. The third-order valence-corrected chi connectivity index (χ3v) is 2.30. The molecule has 0 radical (unpaired) electrons. The number of hydrogen-bond acceptors (Lipinski definition) is 3. The van der Waals surface area contributed by atoms with Crippen molar-refractivity contribution in [1.29, 1.82) is 0 Å². The summed E-state index contributed by atoms with van der Waals surface area (Å²) in [6.45, 7) is 3.86. The Kier molecular flexibility index (Phi) is 6.29. The van der Waals surface area contributed by atoms with E-state index in [0.717, 1.165) is 12.2 Å². The second kappa shape index (κ2) is 7.81. The fourth-order valence-corrected chi connectivity index (χ4v) is 1.44. The first-order valence-corrected chi connectivity index (χ1v) is 5.87. The lowest BCUT2D eigenvalue weighted by Crippen LogP contribution is -2.14. The van der Waals surface area contributed by atoms with Crippen molar-refractivity contribution in [2.75, 3.05) is 25.6 Å². The molecule has 4 nitrogen and oxygen atoms in total. The number of carbonyl (C=O) groups excluding carboxylic acids is 1. The lowest BCUT2D eigenvalue weighted by molar-refractivity contribution is -0.117. The number of hydrogen-bond donors (Lipinski definition) is 2. The van der Waals surface area contributed by atoms with Gasteiger partial charge in [0.05, 0.1) is 13.0 Å². The van der Waals surface area contributed by atoms with Crippen LogP contribution in [0.1, 0.15) is 18.9 Å². The van der Waals surface area contributed by atoms with Crippen molar-refractivity contribution >= 4 is 11.6 Å². The molecular formula is C13H20N2O2. The van der Waals surface area contributed by atoms with Gasteiger partial charge in [0, 0.05) is 18.8 Å². The molecule has 17 heavy (non-hydrogen) atoms. The molecule has 94 valence electrons. The van der Waals surface area contributed by atoms with Crippen LogP contribution < -0.4 is 10.6 Å². The van der Waals surface area contributed by atoms with Gasteiger partial charge in [0.15, 0.2) is 0 Å². The normalized spacial score (nSPS) is 10.2. The maximum Gasteiger partial charge on any atom is 0.226 e. The second-order valence-electron chi connectivity index (χ2n) is 3.72. The van der Waals surface area contributed by atoms with Crippen LogP contribution in [0.15, 0.2) is 24.3 Å². The minimum Gasteiger partial charge on any atom is -0.381 e. The highest BCUT2D eigenvalue weighted by atomic mass is 16.5. The summed E-state index contributed by atoms with van der Waals surface area (Å²) >= 11 is 0. The number of rotatable bonds is 7. The summed E-state index contributed by atoms with van der Waals surface area (Å²) in [6.07, 6.45) is 0.395. The van der Waals surface area contributed by atoms with E-state index in [1.165, 1.54) is 5.56 Å². The van der Waals surface area contributed by atoms with Gasteiger partial charge in [-0.2, -0.15) is 0 Å². The Morgan fingerprint density at radius 2 is 2.00 bits per heavy atom. The summed E-state index contributed by atoms with van der Waals surface area (Å²) in [5, 5.41) is 5.91. The van der Waals surface area contributed by atoms with Crippen molar-refractivity contribution < 1.29 is 9.53 Å². The van der Waals surface area contributed by atoms with Crippen LogP contribution in [0.2, 0.25) is 0 Å². The predicted octanol–water partition coefficient (Wildman–Crippen LogP) is 1.77. The highest BCUT2D eigenvalue weighted by Crippen LogP contribution is 2.09. The first kappa shape index (κ1) is 13.7. The molecule has 1 aromatic rings. The lowest BCUT2D eigenvalue weighted by atomic mass is 10.2. The zero-order valence-electron chi connectivity index (χ0n) is 10.5. The molecule has 1 amide bonds. The first-order chi connectivity index (χ1) is 8.26. The first-order valence-electron chi connectivity index (χ1n) is 5.87. The molecule has 2 N–H and O–H groups in total. The van der Waals surface area contributed by atoms with Crippen LogP contribution in [0.25, 0.3) is 0 Å². The molecule has 0 aliphatic heterocycles. The number of benzene rings is 1. The molecule has 4 heteroatoms. The van der Waals surface area contributed by atoms with E-state index in [0.29, 0.717) is 19.6 Å². The van der Waals surface area contributed by atoms with E-state index in [1.807, 2.05) is 38.2 Å². The largest absolute Gasteiger partial charge is 0.381 e. The van der Waals surface area contributed by atoms with Crippen LogP contribution in [0.4, 0.5) is 5.69 Å². The van der Waals surface area contributed by atoms with Crippen LogP contribution in [0, 0.1) is 0 Å². The van der Waals surface area contributed by atoms with Gasteiger partial charge in [-0.15, -0.1) is 0 Å². The van der Waals surface area contributed by atoms with E-state index in [4.69, 9.17) is 4.74 Å². The smallest absolute Gasteiger partial charge is 0.226 e. The molecule has 0 atom stereocenters. The Hall–Kier alpha value is -1.39. The third-order valence-electron chi connectivity index (χ3n) is 2.30. The van der Waals surface area contributed by atoms with Gasteiger partial charge in [-0.1, -0.05) is 12.1 Å². The summed E-state index contributed by atoms with van der Waals surface area (Å²) in [6, 6.07) is 7.81. The number of ether oxygens (including phenoxy) is 1. The topological polar surface area (TPSA) is 50.4 Å². The Balaban J connectivity index is 2.37. The summed E-state index contributed by atoms with van der Waals surface area (Å²) in [5.74, 6) is -0.0141. The molecule has 0 saturated heterocycles. The van der Waals surface area contributed by atoms with Gasteiger partial charge in [0.25, 0.3) is 0 Å². The van der Waals surface area contributed by atoms with Gasteiger partial charge in [-0.3, -0.25) is 4.79 Å². The molecule has 0 heterocycles. The van der Waals surface area contributed by atoms with E-state index >= 15 is 0 Å². The molecule has 0 saturated carbocycles. The van der Waals surface area contributed by atoms with E-state index in [-0.39, 0.29) is 5.91 Å². The van der Waals surface area contributed by atoms with Gasteiger partial charge in [-0.05, 0) is 31.7 Å². The average Bonchev–Trinajstić information content (AvgIpc) is 2.32. The van der Waals surface area contributed by atoms with Gasteiger partial charge in [-0.25, -0.2) is 0 Å². The van der Waals surface area contributed by atoms with Gasteiger partial charge in [0.2, 0.25) is 5.91 Å². The SMILES string of the molecule is CCOCCC(=O)Nc1ccc(CNC)cc1. The fraction of sp³-hybridized carbons (Fsp3) is 0.462. The zero-order chi connectivity index (χ0) is 12.5. The summed E-state index contributed by atoms with van der Waals surface area (Å²) in [5.41, 5.74) is 2.02. The van der Waals surface area contributed by atoms with E-state index in [1.54, 1.807) is 0 Å². The molecule has 0 aromatic heterocycles. The maximum atomic E-state index is 11.5. The Labute approximate surface area is 102 Å². The quantitative estimate of drug-likeness (QED) is 0.709. The van der Waals surface area contributed by atoms with Crippen molar-refractivity contribution in [1.82, 2.24) is 5.32 Å². The minimum atomic E-state index is -0.0141. The van der Waals surface area contributed by atoms with Crippen molar-refractivity contribution in [2.45, 2.75) is 19.9 Å². The molecule has 0 aliphatic rings. The van der Waals surface area contributed by atoms with Crippen molar-refractivity contribution in [3.05, 3.63) is 29.8 Å². The minimum absolute atomic E-state index is 0.0141. The van der Waals surface area contributed by atoms with Crippen LogP contribution >= 0.6 is 0 Å². The van der Waals surface area contributed by atoms with E-state index in [9.17, 15) is 4.79 Å². The van der Waals surface area contributed by atoms with Crippen LogP contribution in [-0.4, -0.2) is 26.2 Å². The second-order valence-corrected chi connectivity index (χ2v) is 3.72. The molecular weight excluding hydrogens is 216 g/mol. The molecule has 0 unspecified atom stereocenters. The van der Waals surface area contributed by atoms with Gasteiger partial charge in [0.1, 0.15) is 0 Å². The Morgan fingerprint density at radius 1 is 1.29 bits per heavy atom. The highest BCUT2D eigenvalue weighted by Gasteiger charge is 2.01. The van der Waals surface area contributed by atoms with Crippen molar-refractivity contribution in [2.24, 2.45) is 0 Å². The Bertz CT molecular complexity index is 336. The standard InChI is InChI=1S/C13H20N2O2/c1-3-17-9-8-13(16)15-12-6-4-11(5-7-12)10-14-2/h4-7,14H,3,8-10H2,1-2H3,(H,15,16). The van der Waals surface area contributed by atoms with Crippen molar-refractivity contribution in [3.63, 3.8) is 0 Å². The highest BCUT2D eigenvalue weighted by molar-refractivity contribution is 5.90. The summed E-state index contributed by atoms with van der Waals surface area (Å²) < 4.78 is 5.12. The molecule has 1 rings (SSSR count). The maximum absolute atomic E-state index is 11.5. The summed E-state index contributed by atoms with van der Waals surface area (Å²) in [7, 11) is 1.91. The average molecular weight is 236 g/mol. The number of carbonyl (C=O) groups is 1.